The molecular formula is C12H14ClN5O2S. The molecular weight excluding hydrogens is 314 g/mol. The van der Waals surface area contributed by atoms with Crippen molar-refractivity contribution in [2.45, 2.75) is 23.7 Å². The zero-order chi connectivity index (χ0) is 14.9. The van der Waals surface area contributed by atoms with E-state index >= 15 is 0 Å². The molecule has 21 heavy (non-hydrogen) atoms. The molecule has 0 spiro atoms. The summed E-state index contributed by atoms with van der Waals surface area (Å²) in [5, 5.41) is 6.87. The molecule has 0 amide bonds. The molecule has 1 fully saturated rings. The van der Waals surface area contributed by atoms with E-state index in [2.05, 4.69) is 20.2 Å². The van der Waals surface area contributed by atoms with Gasteiger partial charge >= 0.3 is 0 Å². The van der Waals surface area contributed by atoms with Gasteiger partial charge in [-0.3, -0.25) is 5.10 Å². The van der Waals surface area contributed by atoms with Gasteiger partial charge in [0.25, 0.3) is 0 Å². The summed E-state index contributed by atoms with van der Waals surface area (Å²) in [4.78, 5) is 7.55. The van der Waals surface area contributed by atoms with Crippen LogP contribution in [-0.2, 0) is 10.0 Å². The van der Waals surface area contributed by atoms with Crippen molar-refractivity contribution in [3.63, 3.8) is 0 Å². The first-order valence-electron chi connectivity index (χ1n) is 6.54. The third-order valence-electron chi connectivity index (χ3n) is 3.58. The average molecular weight is 328 g/mol. The van der Waals surface area contributed by atoms with Gasteiger partial charge in [0.15, 0.2) is 0 Å². The van der Waals surface area contributed by atoms with Gasteiger partial charge in [0.05, 0.1) is 12.4 Å². The zero-order valence-electron chi connectivity index (χ0n) is 11.1. The molecule has 0 radical (unpaired) electrons. The summed E-state index contributed by atoms with van der Waals surface area (Å²) in [6, 6.07) is 1.88. The molecule has 0 aliphatic carbocycles. The minimum Gasteiger partial charge on any atom is -0.282 e. The van der Waals surface area contributed by atoms with Gasteiger partial charge in [-0.1, -0.05) is 0 Å². The lowest BCUT2D eigenvalue weighted by molar-refractivity contribution is 0.312. The highest BCUT2D eigenvalue weighted by atomic mass is 35.5. The lowest BCUT2D eigenvalue weighted by atomic mass is 9.96. The molecule has 1 aliphatic rings. The van der Waals surface area contributed by atoms with Crippen molar-refractivity contribution >= 4 is 21.6 Å². The number of nitrogens with one attached hydrogen (secondary N) is 1. The van der Waals surface area contributed by atoms with E-state index in [1.165, 1.54) is 16.7 Å². The van der Waals surface area contributed by atoms with E-state index < -0.39 is 10.0 Å². The van der Waals surface area contributed by atoms with Crippen molar-refractivity contribution in [2.75, 3.05) is 13.1 Å². The van der Waals surface area contributed by atoms with E-state index in [0.29, 0.717) is 13.1 Å². The van der Waals surface area contributed by atoms with Crippen molar-refractivity contribution in [3.8, 4) is 0 Å². The average Bonchev–Trinajstić information content (AvgIpc) is 3.02. The zero-order valence-corrected chi connectivity index (χ0v) is 12.7. The van der Waals surface area contributed by atoms with Gasteiger partial charge in [0.1, 0.15) is 4.90 Å². The quantitative estimate of drug-likeness (QED) is 0.861. The molecule has 3 heterocycles. The molecule has 2 aromatic rings. The standard InChI is InChI=1S/C12H14ClN5O2S/c13-12-14-6-10(7-15-12)21(19,20)18-5-1-2-9(8-18)11-3-4-16-17-11/h3-4,6-7,9H,1-2,5,8H2,(H,16,17). The maximum atomic E-state index is 12.6. The van der Waals surface area contributed by atoms with Crippen LogP contribution in [0.2, 0.25) is 5.28 Å². The van der Waals surface area contributed by atoms with Crippen LogP contribution in [0.1, 0.15) is 24.5 Å². The van der Waals surface area contributed by atoms with Gasteiger partial charge in [-0.25, -0.2) is 18.4 Å². The summed E-state index contributed by atoms with van der Waals surface area (Å²) in [6.45, 7) is 0.919. The molecule has 0 aromatic carbocycles. The first-order valence-corrected chi connectivity index (χ1v) is 8.36. The third-order valence-corrected chi connectivity index (χ3v) is 5.59. The molecule has 7 nitrogen and oxygen atoms in total. The van der Waals surface area contributed by atoms with Crippen LogP contribution >= 0.6 is 11.6 Å². The van der Waals surface area contributed by atoms with Gasteiger partial charge in [-0.15, -0.1) is 0 Å². The SMILES string of the molecule is O=S(=O)(c1cnc(Cl)nc1)N1CCCC(c2ccn[nH]2)C1. The van der Waals surface area contributed by atoms with Gasteiger partial charge in [0, 0.05) is 30.9 Å². The van der Waals surface area contributed by atoms with E-state index in [1.807, 2.05) is 6.07 Å². The first-order chi connectivity index (χ1) is 10.1. The topological polar surface area (TPSA) is 91.8 Å². The lowest BCUT2D eigenvalue weighted by Gasteiger charge is -2.31. The van der Waals surface area contributed by atoms with E-state index in [9.17, 15) is 8.42 Å². The molecule has 2 aromatic heterocycles. The molecule has 3 rings (SSSR count). The molecule has 1 aliphatic heterocycles. The number of aromatic nitrogens is 4. The number of piperidine rings is 1. The maximum absolute atomic E-state index is 12.6. The van der Waals surface area contributed by atoms with Crippen molar-refractivity contribution < 1.29 is 8.42 Å². The summed E-state index contributed by atoms with van der Waals surface area (Å²) < 4.78 is 26.6. The van der Waals surface area contributed by atoms with Crippen LogP contribution < -0.4 is 0 Å². The molecule has 1 saturated heterocycles. The van der Waals surface area contributed by atoms with E-state index in [4.69, 9.17) is 11.6 Å². The van der Waals surface area contributed by atoms with Crippen molar-refractivity contribution in [2.24, 2.45) is 0 Å². The van der Waals surface area contributed by atoms with Crippen LogP contribution in [0.25, 0.3) is 0 Å². The summed E-state index contributed by atoms with van der Waals surface area (Å²) in [5.74, 6) is 0.129. The Morgan fingerprint density at radius 1 is 1.33 bits per heavy atom. The van der Waals surface area contributed by atoms with Crippen LogP contribution in [0.15, 0.2) is 29.6 Å². The number of nitrogens with zero attached hydrogens (tertiary/aromatic N) is 4. The fourth-order valence-electron chi connectivity index (χ4n) is 2.49. The largest absolute Gasteiger partial charge is 0.282 e. The number of H-pyrrole nitrogens is 1. The van der Waals surface area contributed by atoms with Gasteiger partial charge in [0.2, 0.25) is 15.3 Å². The Morgan fingerprint density at radius 3 is 2.76 bits per heavy atom. The number of aromatic amines is 1. The monoisotopic (exact) mass is 327 g/mol. The third kappa shape index (κ3) is 2.92. The Balaban J connectivity index is 1.83. The molecule has 0 bridgehead atoms. The second-order valence-corrected chi connectivity index (χ2v) is 7.18. The Morgan fingerprint density at radius 2 is 2.10 bits per heavy atom. The Hall–Kier alpha value is -1.51. The number of hydrogen-bond donors (Lipinski definition) is 1. The summed E-state index contributed by atoms with van der Waals surface area (Å²) in [5.41, 5.74) is 0.960. The Kier molecular flexibility index (Phi) is 3.92. The fraction of sp³-hybridized carbons (Fsp3) is 0.417. The highest BCUT2D eigenvalue weighted by molar-refractivity contribution is 7.89. The predicted molar refractivity (Wildman–Crippen MR) is 76.4 cm³/mol. The highest BCUT2D eigenvalue weighted by Gasteiger charge is 2.31. The summed E-state index contributed by atoms with van der Waals surface area (Å²) >= 11 is 5.60. The number of rotatable bonds is 3. The molecule has 1 unspecified atom stereocenters. The number of sulfonamides is 1. The Labute approximate surface area is 127 Å². The highest BCUT2D eigenvalue weighted by Crippen LogP contribution is 2.28. The van der Waals surface area contributed by atoms with Gasteiger partial charge in [-0.2, -0.15) is 9.40 Å². The lowest BCUT2D eigenvalue weighted by Crippen LogP contribution is -2.39. The van der Waals surface area contributed by atoms with E-state index in [1.54, 1.807) is 6.20 Å². The van der Waals surface area contributed by atoms with Crippen LogP contribution in [0.5, 0.6) is 0 Å². The molecule has 1 atom stereocenters. The minimum absolute atomic E-state index is 0.0305. The first kappa shape index (κ1) is 14.4. The van der Waals surface area contributed by atoms with Crippen LogP contribution in [0.4, 0.5) is 0 Å². The van der Waals surface area contributed by atoms with Crippen molar-refractivity contribution in [3.05, 3.63) is 35.6 Å². The van der Waals surface area contributed by atoms with E-state index in [0.717, 1.165) is 18.5 Å². The molecule has 9 heteroatoms. The summed E-state index contributed by atoms with van der Waals surface area (Å²) in [6.07, 6.45) is 5.90. The fourth-order valence-corrected chi connectivity index (χ4v) is 4.00. The maximum Gasteiger partial charge on any atom is 0.246 e. The predicted octanol–water partition coefficient (Wildman–Crippen LogP) is 1.42. The van der Waals surface area contributed by atoms with Crippen molar-refractivity contribution in [1.29, 1.82) is 0 Å². The normalized spacial score (nSPS) is 20.5. The molecule has 1 N–H and O–H groups in total. The van der Waals surface area contributed by atoms with Gasteiger partial charge < -0.3 is 0 Å². The van der Waals surface area contributed by atoms with Crippen LogP contribution in [0, 0.1) is 0 Å². The molecule has 0 saturated carbocycles. The Bertz CT molecular complexity index is 702. The second-order valence-electron chi connectivity index (χ2n) is 4.90. The van der Waals surface area contributed by atoms with E-state index in [-0.39, 0.29) is 16.1 Å². The number of halogens is 1. The van der Waals surface area contributed by atoms with Crippen molar-refractivity contribution in [1.82, 2.24) is 24.5 Å². The van der Waals surface area contributed by atoms with Crippen LogP contribution in [-0.4, -0.2) is 46.0 Å². The minimum atomic E-state index is -3.59. The smallest absolute Gasteiger partial charge is 0.246 e. The second kappa shape index (κ2) is 5.70. The summed E-state index contributed by atoms with van der Waals surface area (Å²) in [7, 11) is -3.59. The van der Waals surface area contributed by atoms with Gasteiger partial charge in [-0.05, 0) is 30.5 Å². The van der Waals surface area contributed by atoms with Crippen LogP contribution in [0.3, 0.4) is 0 Å². The molecule has 112 valence electrons. The number of hydrogen-bond acceptors (Lipinski definition) is 5.